The van der Waals surface area contributed by atoms with Gasteiger partial charge in [-0.25, -0.2) is 0 Å². The minimum atomic E-state index is -0.228. The highest BCUT2D eigenvalue weighted by atomic mass is 35.5. The standard InChI is InChI=1S/C19H21Cl2NO4/c1-12-8-17(24-2)18(25-3)9-13(12)6-7-22-19(23)11-26-16-5-4-14(20)10-15(16)21/h4-5,8-10H,6-7,11H2,1-3H3,(H,22,23). The van der Waals surface area contributed by atoms with Crippen LogP contribution in [0, 0.1) is 6.92 Å². The van der Waals surface area contributed by atoms with Crippen LogP contribution in [0.15, 0.2) is 30.3 Å². The average Bonchev–Trinajstić information content (AvgIpc) is 2.62. The van der Waals surface area contributed by atoms with Gasteiger partial charge in [0.05, 0.1) is 19.2 Å². The number of halogens is 2. The first-order valence-corrected chi connectivity index (χ1v) is 8.76. The van der Waals surface area contributed by atoms with Crippen molar-refractivity contribution >= 4 is 29.1 Å². The minimum absolute atomic E-state index is 0.119. The first-order chi connectivity index (χ1) is 12.4. The Bertz CT molecular complexity index is 780. The Hall–Kier alpha value is -2.11. The predicted molar refractivity (Wildman–Crippen MR) is 103 cm³/mol. The molecule has 26 heavy (non-hydrogen) atoms. The lowest BCUT2D eigenvalue weighted by Gasteiger charge is -2.13. The van der Waals surface area contributed by atoms with Crippen LogP contribution in [0.5, 0.6) is 17.2 Å². The van der Waals surface area contributed by atoms with E-state index in [0.717, 1.165) is 11.1 Å². The van der Waals surface area contributed by atoms with Gasteiger partial charge in [0.1, 0.15) is 5.75 Å². The molecule has 0 heterocycles. The molecule has 0 saturated carbocycles. The maximum absolute atomic E-state index is 11.9. The van der Waals surface area contributed by atoms with E-state index in [-0.39, 0.29) is 12.5 Å². The first-order valence-electron chi connectivity index (χ1n) is 8.00. The van der Waals surface area contributed by atoms with E-state index in [0.29, 0.717) is 40.3 Å². The number of amides is 1. The van der Waals surface area contributed by atoms with E-state index in [1.54, 1.807) is 32.4 Å². The molecule has 1 N–H and O–H groups in total. The normalized spacial score (nSPS) is 10.3. The first kappa shape index (κ1) is 20.2. The number of hydrogen-bond donors (Lipinski definition) is 1. The second kappa shape index (κ2) is 9.55. The summed E-state index contributed by atoms with van der Waals surface area (Å²) in [5.74, 6) is 1.54. The monoisotopic (exact) mass is 397 g/mol. The number of aryl methyl sites for hydroxylation is 1. The SMILES string of the molecule is COc1cc(C)c(CCNC(=O)COc2ccc(Cl)cc2Cl)cc1OC. The molecule has 0 fully saturated rings. The lowest BCUT2D eigenvalue weighted by atomic mass is 10.0. The van der Waals surface area contributed by atoms with Crippen molar-refractivity contribution in [3.05, 3.63) is 51.5 Å². The molecule has 0 bridgehead atoms. The lowest BCUT2D eigenvalue weighted by molar-refractivity contribution is -0.123. The zero-order chi connectivity index (χ0) is 19.1. The van der Waals surface area contributed by atoms with Gasteiger partial charge in [0.15, 0.2) is 18.1 Å². The van der Waals surface area contributed by atoms with Crippen LogP contribution in [-0.2, 0) is 11.2 Å². The fraction of sp³-hybridized carbons (Fsp3) is 0.316. The van der Waals surface area contributed by atoms with E-state index >= 15 is 0 Å². The Morgan fingerprint density at radius 1 is 1.04 bits per heavy atom. The molecule has 0 aliphatic rings. The summed E-state index contributed by atoms with van der Waals surface area (Å²) in [6, 6.07) is 8.69. The molecular formula is C19H21Cl2NO4. The van der Waals surface area contributed by atoms with Gasteiger partial charge >= 0.3 is 0 Å². The molecule has 2 rings (SSSR count). The van der Waals surface area contributed by atoms with Crippen molar-refractivity contribution in [2.45, 2.75) is 13.3 Å². The summed E-state index contributed by atoms with van der Waals surface area (Å²) in [7, 11) is 3.20. The van der Waals surface area contributed by atoms with Crippen LogP contribution in [0.2, 0.25) is 10.0 Å². The Morgan fingerprint density at radius 3 is 2.38 bits per heavy atom. The van der Waals surface area contributed by atoms with Gasteiger partial charge in [0.2, 0.25) is 0 Å². The largest absolute Gasteiger partial charge is 0.493 e. The van der Waals surface area contributed by atoms with Crippen LogP contribution in [0.25, 0.3) is 0 Å². The van der Waals surface area contributed by atoms with E-state index in [9.17, 15) is 4.79 Å². The summed E-state index contributed by atoms with van der Waals surface area (Å²) in [6.07, 6.45) is 0.666. The molecule has 1 amide bonds. The van der Waals surface area contributed by atoms with Crippen LogP contribution in [0.3, 0.4) is 0 Å². The topological polar surface area (TPSA) is 56.8 Å². The number of methoxy groups -OCH3 is 2. The second-order valence-corrected chi connectivity index (χ2v) is 6.44. The van der Waals surface area contributed by atoms with Gasteiger partial charge in [0, 0.05) is 11.6 Å². The average molecular weight is 398 g/mol. The predicted octanol–water partition coefficient (Wildman–Crippen LogP) is 4.06. The number of nitrogens with one attached hydrogen (secondary N) is 1. The molecule has 5 nitrogen and oxygen atoms in total. The number of carbonyl (C=O) groups excluding carboxylic acids is 1. The fourth-order valence-corrected chi connectivity index (χ4v) is 2.88. The maximum atomic E-state index is 11.9. The Balaban J connectivity index is 1.84. The van der Waals surface area contributed by atoms with Gasteiger partial charge in [-0.1, -0.05) is 23.2 Å². The number of carbonyl (C=O) groups is 1. The van der Waals surface area contributed by atoms with Crippen LogP contribution in [0.1, 0.15) is 11.1 Å². The van der Waals surface area contributed by atoms with E-state index in [1.807, 2.05) is 19.1 Å². The summed E-state index contributed by atoms with van der Waals surface area (Å²) in [5.41, 5.74) is 2.14. The van der Waals surface area contributed by atoms with Gasteiger partial charge in [-0.2, -0.15) is 0 Å². The molecule has 0 atom stereocenters. The van der Waals surface area contributed by atoms with Crippen molar-refractivity contribution < 1.29 is 19.0 Å². The molecule has 0 radical (unpaired) electrons. The zero-order valence-electron chi connectivity index (χ0n) is 14.9. The van der Waals surface area contributed by atoms with Crippen molar-refractivity contribution in [3.8, 4) is 17.2 Å². The summed E-state index contributed by atoms with van der Waals surface area (Å²) in [5, 5.41) is 3.70. The highest BCUT2D eigenvalue weighted by Crippen LogP contribution is 2.30. The minimum Gasteiger partial charge on any atom is -0.493 e. The Kier molecular flexibility index (Phi) is 7.42. The lowest BCUT2D eigenvalue weighted by Crippen LogP contribution is -2.30. The second-order valence-electron chi connectivity index (χ2n) is 5.60. The van der Waals surface area contributed by atoms with Gasteiger partial charge in [-0.05, 0) is 54.8 Å². The van der Waals surface area contributed by atoms with Crippen LogP contribution < -0.4 is 19.5 Å². The highest BCUT2D eigenvalue weighted by Gasteiger charge is 2.10. The summed E-state index contributed by atoms with van der Waals surface area (Å²) >= 11 is 11.8. The number of rotatable bonds is 8. The van der Waals surface area contributed by atoms with E-state index in [2.05, 4.69) is 5.32 Å². The maximum Gasteiger partial charge on any atom is 0.257 e. The van der Waals surface area contributed by atoms with Crippen LogP contribution in [0.4, 0.5) is 0 Å². The van der Waals surface area contributed by atoms with E-state index in [1.165, 1.54) is 0 Å². The number of benzene rings is 2. The molecule has 0 aromatic heterocycles. The molecule has 0 unspecified atom stereocenters. The van der Waals surface area contributed by atoms with E-state index < -0.39 is 0 Å². The number of ether oxygens (including phenoxy) is 3. The van der Waals surface area contributed by atoms with Crippen molar-refractivity contribution in [2.24, 2.45) is 0 Å². The van der Waals surface area contributed by atoms with Crippen molar-refractivity contribution in [1.29, 1.82) is 0 Å². The number of hydrogen-bond acceptors (Lipinski definition) is 4. The van der Waals surface area contributed by atoms with Gasteiger partial charge in [0.25, 0.3) is 5.91 Å². The molecule has 0 spiro atoms. The molecule has 2 aromatic rings. The van der Waals surface area contributed by atoms with Crippen molar-refractivity contribution in [3.63, 3.8) is 0 Å². The Morgan fingerprint density at radius 2 is 1.73 bits per heavy atom. The third-order valence-corrected chi connectivity index (χ3v) is 4.34. The molecule has 0 saturated heterocycles. The van der Waals surface area contributed by atoms with Crippen LogP contribution in [-0.4, -0.2) is 33.3 Å². The summed E-state index contributed by atoms with van der Waals surface area (Å²) in [4.78, 5) is 11.9. The van der Waals surface area contributed by atoms with Gasteiger partial charge in [-0.15, -0.1) is 0 Å². The van der Waals surface area contributed by atoms with Crippen LogP contribution >= 0.6 is 23.2 Å². The van der Waals surface area contributed by atoms with Gasteiger partial charge in [-0.3, -0.25) is 4.79 Å². The third kappa shape index (κ3) is 5.44. The van der Waals surface area contributed by atoms with E-state index in [4.69, 9.17) is 37.4 Å². The molecule has 0 aliphatic carbocycles. The molecule has 2 aromatic carbocycles. The fourth-order valence-electron chi connectivity index (χ4n) is 2.42. The quantitative estimate of drug-likeness (QED) is 0.729. The molecule has 140 valence electrons. The van der Waals surface area contributed by atoms with Crippen molar-refractivity contribution in [1.82, 2.24) is 5.32 Å². The zero-order valence-corrected chi connectivity index (χ0v) is 16.4. The van der Waals surface area contributed by atoms with Crippen molar-refractivity contribution in [2.75, 3.05) is 27.4 Å². The molecule has 7 heteroatoms. The highest BCUT2D eigenvalue weighted by molar-refractivity contribution is 6.35. The molecule has 0 aliphatic heterocycles. The third-order valence-electron chi connectivity index (χ3n) is 3.81. The smallest absolute Gasteiger partial charge is 0.257 e. The summed E-state index contributed by atoms with van der Waals surface area (Å²) < 4.78 is 16.0. The summed E-state index contributed by atoms with van der Waals surface area (Å²) in [6.45, 7) is 2.35. The molecular weight excluding hydrogens is 377 g/mol. The Labute approximate surface area is 163 Å². The van der Waals surface area contributed by atoms with Gasteiger partial charge < -0.3 is 19.5 Å².